The van der Waals surface area contributed by atoms with Crippen LogP contribution < -0.4 is 5.32 Å². The smallest absolute Gasteiger partial charge is 0.0120 e. The Morgan fingerprint density at radius 2 is 1.88 bits per heavy atom. The van der Waals surface area contributed by atoms with Gasteiger partial charge in [0.2, 0.25) is 0 Å². The molecular weight excluding hydrogens is 208 g/mol. The molecule has 1 saturated heterocycles. The maximum Gasteiger partial charge on any atom is 0.0120 e. The molecule has 0 bridgehead atoms. The Labute approximate surface area is 107 Å². The zero-order valence-electron chi connectivity index (χ0n) is 12.1. The highest BCUT2D eigenvalue weighted by atomic mass is 15.2. The fourth-order valence-corrected chi connectivity index (χ4v) is 3.61. The van der Waals surface area contributed by atoms with Crippen LogP contribution in [-0.2, 0) is 0 Å². The topological polar surface area (TPSA) is 15.3 Å². The van der Waals surface area contributed by atoms with Crippen molar-refractivity contribution in [2.45, 2.75) is 65.0 Å². The number of hydrogen-bond acceptors (Lipinski definition) is 2. The number of hydrogen-bond donors (Lipinski definition) is 1. The number of likely N-dealkylation sites (tertiary alicyclic amines) is 1. The van der Waals surface area contributed by atoms with Gasteiger partial charge < -0.3 is 10.2 Å². The van der Waals surface area contributed by atoms with Gasteiger partial charge >= 0.3 is 0 Å². The van der Waals surface area contributed by atoms with E-state index in [0.717, 1.165) is 18.0 Å². The molecule has 0 amide bonds. The summed E-state index contributed by atoms with van der Waals surface area (Å²) in [5.74, 6) is 0.793. The maximum atomic E-state index is 3.88. The Bertz CT molecular complexity index is 245. The van der Waals surface area contributed by atoms with E-state index in [1.807, 2.05) is 0 Å². The highest BCUT2D eigenvalue weighted by Gasteiger charge is 2.32. The van der Waals surface area contributed by atoms with E-state index in [1.54, 1.807) is 0 Å². The first-order chi connectivity index (χ1) is 8.00. The van der Waals surface area contributed by atoms with Crippen LogP contribution in [0.3, 0.4) is 0 Å². The number of rotatable bonds is 3. The highest BCUT2D eigenvalue weighted by Crippen LogP contribution is 2.37. The van der Waals surface area contributed by atoms with E-state index >= 15 is 0 Å². The predicted octanol–water partition coefficient (Wildman–Crippen LogP) is 2.89. The largest absolute Gasteiger partial charge is 0.313 e. The molecule has 1 saturated carbocycles. The zero-order chi connectivity index (χ0) is 12.5. The first-order valence-corrected chi connectivity index (χ1v) is 7.44. The van der Waals surface area contributed by atoms with Crippen molar-refractivity contribution in [1.29, 1.82) is 0 Å². The van der Waals surface area contributed by atoms with E-state index in [0.29, 0.717) is 5.41 Å². The summed E-state index contributed by atoms with van der Waals surface area (Å²) in [5.41, 5.74) is 0.590. The fraction of sp³-hybridized carbons (Fsp3) is 1.00. The van der Waals surface area contributed by atoms with Gasteiger partial charge in [-0.05, 0) is 44.6 Å². The maximum absolute atomic E-state index is 3.88. The molecule has 1 heterocycles. The summed E-state index contributed by atoms with van der Waals surface area (Å²) in [6.07, 6.45) is 7.05. The monoisotopic (exact) mass is 238 g/mol. The molecule has 2 aliphatic rings. The first-order valence-electron chi connectivity index (χ1n) is 7.44. The minimum atomic E-state index is 0.590. The van der Waals surface area contributed by atoms with E-state index in [1.165, 1.54) is 45.2 Å². The van der Waals surface area contributed by atoms with E-state index in [9.17, 15) is 0 Å². The van der Waals surface area contributed by atoms with Crippen LogP contribution >= 0.6 is 0 Å². The molecule has 3 unspecified atom stereocenters. The summed E-state index contributed by atoms with van der Waals surface area (Å²) >= 11 is 0. The summed E-state index contributed by atoms with van der Waals surface area (Å²) in [7, 11) is 2.26. The average Bonchev–Trinajstić information content (AvgIpc) is 2.69. The van der Waals surface area contributed by atoms with Crippen LogP contribution in [0.4, 0.5) is 0 Å². The van der Waals surface area contributed by atoms with Crippen molar-refractivity contribution in [2.24, 2.45) is 11.3 Å². The Morgan fingerprint density at radius 1 is 1.24 bits per heavy atom. The van der Waals surface area contributed by atoms with Crippen molar-refractivity contribution in [1.82, 2.24) is 10.2 Å². The first kappa shape index (κ1) is 13.4. The average molecular weight is 238 g/mol. The van der Waals surface area contributed by atoms with Crippen LogP contribution in [0.15, 0.2) is 0 Å². The summed E-state index contributed by atoms with van der Waals surface area (Å²) in [6.45, 7) is 9.71. The third kappa shape index (κ3) is 3.23. The molecule has 17 heavy (non-hydrogen) atoms. The van der Waals surface area contributed by atoms with Gasteiger partial charge in [-0.1, -0.05) is 26.7 Å². The molecule has 1 N–H and O–H groups in total. The molecule has 2 rings (SSSR count). The van der Waals surface area contributed by atoms with Crippen molar-refractivity contribution < 1.29 is 0 Å². The van der Waals surface area contributed by atoms with E-state index in [-0.39, 0.29) is 0 Å². The lowest BCUT2D eigenvalue weighted by Crippen LogP contribution is -2.52. The van der Waals surface area contributed by atoms with Gasteiger partial charge in [-0.3, -0.25) is 0 Å². The molecule has 0 aromatic heterocycles. The lowest BCUT2D eigenvalue weighted by atomic mass is 9.85. The van der Waals surface area contributed by atoms with Crippen LogP contribution in [0.2, 0.25) is 0 Å². The van der Waals surface area contributed by atoms with E-state index in [2.05, 4.69) is 38.0 Å². The SMILES string of the molecule is CC1CN(C)C(C)CC1NCC1(C)CCCC1. The Balaban J connectivity index is 1.82. The summed E-state index contributed by atoms with van der Waals surface area (Å²) in [6, 6.07) is 1.47. The Morgan fingerprint density at radius 3 is 2.53 bits per heavy atom. The van der Waals surface area contributed by atoms with Crippen molar-refractivity contribution in [3.63, 3.8) is 0 Å². The third-order valence-electron chi connectivity index (χ3n) is 5.21. The second-order valence-electron chi connectivity index (χ2n) is 7.01. The van der Waals surface area contributed by atoms with Gasteiger partial charge in [0.25, 0.3) is 0 Å². The van der Waals surface area contributed by atoms with Gasteiger partial charge in [0.15, 0.2) is 0 Å². The molecule has 0 aromatic carbocycles. The molecule has 0 spiro atoms. The van der Waals surface area contributed by atoms with E-state index in [4.69, 9.17) is 0 Å². The molecule has 2 heteroatoms. The minimum Gasteiger partial charge on any atom is -0.313 e. The van der Waals surface area contributed by atoms with Crippen molar-refractivity contribution in [3.8, 4) is 0 Å². The molecule has 1 aliphatic heterocycles. The molecule has 0 aromatic rings. The highest BCUT2D eigenvalue weighted by molar-refractivity contribution is 4.89. The second kappa shape index (κ2) is 5.27. The lowest BCUT2D eigenvalue weighted by molar-refractivity contribution is 0.114. The van der Waals surface area contributed by atoms with Crippen LogP contribution in [-0.4, -0.2) is 37.1 Å². The third-order valence-corrected chi connectivity index (χ3v) is 5.21. The lowest BCUT2D eigenvalue weighted by Gasteiger charge is -2.41. The fourth-order valence-electron chi connectivity index (χ4n) is 3.61. The molecule has 2 nitrogen and oxygen atoms in total. The van der Waals surface area contributed by atoms with Crippen molar-refractivity contribution >= 4 is 0 Å². The van der Waals surface area contributed by atoms with Crippen molar-refractivity contribution in [2.75, 3.05) is 20.1 Å². The summed E-state index contributed by atoms with van der Waals surface area (Å²) in [5, 5.41) is 3.88. The number of nitrogens with zero attached hydrogens (tertiary/aromatic N) is 1. The van der Waals surface area contributed by atoms with Crippen LogP contribution in [0.25, 0.3) is 0 Å². The van der Waals surface area contributed by atoms with Gasteiger partial charge in [-0.15, -0.1) is 0 Å². The van der Waals surface area contributed by atoms with Gasteiger partial charge in [0.1, 0.15) is 0 Å². The normalized spacial score (nSPS) is 38.5. The molecule has 100 valence electrons. The van der Waals surface area contributed by atoms with Gasteiger partial charge in [0, 0.05) is 25.2 Å². The van der Waals surface area contributed by atoms with Crippen LogP contribution in [0.1, 0.15) is 52.9 Å². The van der Waals surface area contributed by atoms with E-state index < -0.39 is 0 Å². The standard InChI is InChI=1S/C15H30N2/c1-12-10-17(4)13(2)9-14(12)16-11-15(3)7-5-6-8-15/h12-14,16H,5-11H2,1-4H3. The van der Waals surface area contributed by atoms with Gasteiger partial charge in [0.05, 0.1) is 0 Å². The molecule has 0 radical (unpaired) electrons. The zero-order valence-corrected chi connectivity index (χ0v) is 12.1. The summed E-state index contributed by atoms with van der Waals surface area (Å²) in [4.78, 5) is 2.50. The summed E-state index contributed by atoms with van der Waals surface area (Å²) < 4.78 is 0. The molecule has 2 fully saturated rings. The molecule has 3 atom stereocenters. The van der Waals surface area contributed by atoms with Gasteiger partial charge in [-0.25, -0.2) is 0 Å². The van der Waals surface area contributed by atoms with Crippen LogP contribution in [0.5, 0.6) is 0 Å². The number of nitrogens with one attached hydrogen (secondary N) is 1. The second-order valence-corrected chi connectivity index (χ2v) is 7.01. The van der Waals surface area contributed by atoms with Crippen molar-refractivity contribution in [3.05, 3.63) is 0 Å². The molecule has 1 aliphatic carbocycles. The Kier molecular flexibility index (Phi) is 4.14. The predicted molar refractivity (Wildman–Crippen MR) is 74.2 cm³/mol. The number of piperidine rings is 1. The molecular formula is C15H30N2. The minimum absolute atomic E-state index is 0.590. The van der Waals surface area contributed by atoms with Gasteiger partial charge in [-0.2, -0.15) is 0 Å². The van der Waals surface area contributed by atoms with Crippen LogP contribution in [0, 0.1) is 11.3 Å². The quantitative estimate of drug-likeness (QED) is 0.813. The Hall–Kier alpha value is -0.0800.